The molecule has 0 bridgehead atoms. The summed E-state index contributed by atoms with van der Waals surface area (Å²) in [6, 6.07) is 6.27. The molecular weight excluding hydrogens is 220 g/mol. The predicted molar refractivity (Wildman–Crippen MR) is 61.5 cm³/mol. The lowest BCUT2D eigenvalue weighted by molar-refractivity contribution is -0.384. The van der Waals surface area contributed by atoms with Crippen molar-refractivity contribution in [1.82, 2.24) is 5.32 Å². The van der Waals surface area contributed by atoms with Gasteiger partial charge in [-0.1, -0.05) is 24.4 Å². The minimum absolute atomic E-state index is 0.0854. The standard InChI is InChI=1S/C8H8N2O2S2/c11-10(12)7-3-1-6(2-4-7)5-9-8(13)14/h1-4H,5H2,(H2,9,13,14). The van der Waals surface area contributed by atoms with E-state index in [2.05, 4.69) is 17.9 Å². The zero-order valence-corrected chi connectivity index (χ0v) is 8.85. The van der Waals surface area contributed by atoms with Crippen molar-refractivity contribution < 1.29 is 4.92 Å². The van der Waals surface area contributed by atoms with E-state index in [-0.39, 0.29) is 5.69 Å². The summed E-state index contributed by atoms with van der Waals surface area (Å²) >= 11 is 8.60. The van der Waals surface area contributed by atoms with Crippen LogP contribution in [-0.4, -0.2) is 9.24 Å². The van der Waals surface area contributed by atoms with Crippen molar-refractivity contribution in [3.05, 3.63) is 39.9 Å². The summed E-state index contributed by atoms with van der Waals surface area (Å²) in [7, 11) is 0. The van der Waals surface area contributed by atoms with Gasteiger partial charge in [-0.2, -0.15) is 0 Å². The van der Waals surface area contributed by atoms with Crippen LogP contribution >= 0.6 is 24.8 Å². The number of nitro groups is 1. The van der Waals surface area contributed by atoms with Crippen LogP contribution in [0.5, 0.6) is 0 Å². The van der Waals surface area contributed by atoms with Crippen LogP contribution in [0.3, 0.4) is 0 Å². The molecule has 1 N–H and O–H groups in total. The number of rotatable bonds is 3. The average Bonchev–Trinajstić information content (AvgIpc) is 2.15. The highest BCUT2D eigenvalue weighted by molar-refractivity contribution is 8.11. The van der Waals surface area contributed by atoms with Crippen LogP contribution in [0, 0.1) is 10.1 Å². The first-order valence-electron chi connectivity index (χ1n) is 3.79. The van der Waals surface area contributed by atoms with Crippen molar-refractivity contribution >= 4 is 34.9 Å². The van der Waals surface area contributed by atoms with Gasteiger partial charge in [0.25, 0.3) is 5.69 Å². The van der Waals surface area contributed by atoms with Crippen LogP contribution in [0.1, 0.15) is 5.56 Å². The Balaban J connectivity index is 2.64. The number of benzene rings is 1. The van der Waals surface area contributed by atoms with Gasteiger partial charge in [0, 0.05) is 18.7 Å². The van der Waals surface area contributed by atoms with E-state index in [0.717, 1.165) is 5.56 Å². The van der Waals surface area contributed by atoms with Crippen molar-refractivity contribution in [2.24, 2.45) is 0 Å². The molecule has 0 spiro atoms. The first kappa shape index (κ1) is 10.9. The van der Waals surface area contributed by atoms with Gasteiger partial charge >= 0.3 is 0 Å². The molecular formula is C8H8N2O2S2. The van der Waals surface area contributed by atoms with Crippen LogP contribution < -0.4 is 5.32 Å². The molecule has 0 heterocycles. The van der Waals surface area contributed by atoms with Gasteiger partial charge in [-0.3, -0.25) is 10.1 Å². The van der Waals surface area contributed by atoms with Gasteiger partial charge in [0.2, 0.25) is 0 Å². The highest BCUT2D eigenvalue weighted by atomic mass is 32.1. The fourth-order valence-corrected chi connectivity index (χ4v) is 1.06. The van der Waals surface area contributed by atoms with Crippen LogP contribution in [0.4, 0.5) is 5.69 Å². The smallest absolute Gasteiger partial charge is 0.269 e. The fraction of sp³-hybridized carbons (Fsp3) is 0.125. The van der Waals surface area contributed by atoms with Crippen molar-refractivity contribution in [1.29, 1.82) is 0 Å². The molecule has 0 aliphatic heterocycles. The monoisotopic (exact) mass is 228 g/mol. The number of hydrogen-bond donors (Lipinski definition) is 2. The van der Waals surface area contributed by atoms with Gasteiger partial charge < -0.3 is 5.32 Å². The summed E-state index contributed by atoms with van der Waals surface area (Å²) in [5.74, 6) is 0. The van der Waals surface area contributed by atoms with Crippen molar-refractivity contribution in [2.45, 2.75) is 6.54 Å². The second-order valence-corrected chi connectivity index (χ2v) is 3.74. The molecule has 4 nitrogen and oxygen atoms in total. The van der Waals surface area contributed by atoms with E-state index in [0.29, 0.717) is 10.9 Å². The molecule has 1 aromatic carbocycles. The highest BCUT2D eigenvalue weighted by Gasteiger charge is 2.03. The number of thiol groups is 1. The SMILES string of the molecule is O=[N+]([O-])c1ccc(CNC(=S)S)cc1. The molecule has 0 atom stereocenters. The Morgan fingerprint density at radius 1 is 1.50 bits per heavy atom. The van der Waals surface area contributed by atoms with E-state index in [1.165, 1.54) is 12.1 Å². The van der Waals surface area contributed by atoms with Crippen LogP contribution in [0.2, 0.25) is 0 Å². The Kier molecular flexibility index (Phi) is 3.84. The van der Waals surface area contributed by atoms with Gasteiger partial charge in [0.15, 0.2) is 0 Å². The minimum atomic E-state index is -0.430. The largest absolute Gasteiger partial charge is 0.367 e. The number of nitrogens with one attached hydrogen (secondary N) is 1. The Morgan fingerprint density at radius 3 is 2.50 bits per heavy atom. The van der Waals surface area contributed by atoms with Crippen LogP contribution in [-0.2, 0) is 6.54 Å². The summed E-state index contributed by atoms with van der Waals surface area (Å²) in [6.07, 6.45) is 0. The minimum Gasteiger partial charge on any atom is -0.367 e. The second kappa shape index (κ2) is 4.92. The van der Waals surface area contributed by atoms with Gasteiger partial charge in [-0.25, -0.2) is 0 Å². The van der Waals surface area contributed by atoms with Crippen LogP contribution in [0.15, 0.2) is 24.3 Å². The summed E-state index contributed by atoms with van der Waals surface area (Å²) in [5.41, 5.74) is 1.01. The maximum absolute atomic E-state index is 10.3. The molecule has 14 heavy (non-hydrogen) atoms. The Hall–Kier alpha value is -1.14. The molecule has 0 saturated heterocycles. The Bertz CT molecular complexity index is 351. The molecule has 1 aromatic rings. The molecule has 6 heteroatoms. The lowest BCUT2D eigenvalue weighted by atomic mass is 10.2. The van der Waals surface area contributed by atoms with E-state index < -0.39 is 4.92 Å². The molecule has 0 saturated carbocycles. The van der Waals surface area contributed by atoms with Crippen molar-refractivity contribution in [2.75, 3.05) is 0 Å². The van der Waals surface area contributed by atoms with Crippen LogP contribution in [0.25, 0.3) is 0 Å². The quantitative estimate of drug-likeness (QED) is 0.359. The molecule has 0 aliphatic rings. The fourth-order valence-electron chi connectivity index (χ4n) is 0.913. The molecule has 0 amide bonds. The third-order valence-corrected chi connectivity index (χ3v) is 1.89. The molecule has 0 fully saturated rings. The maximum Gasteiger partial charge on any atom is 0.269 e. The first-order chi connectivity index (χ1) is 6.59. The summed E-state index contributed by atoms with van der Waals surface area (Å²) < 4.78 is 0.406. The molecule has 0 aromatic heterocycles. The zero-order valence-electron chi connectivity index (χ0n) is 7.14. The van der Waals surface area contributed by atoms with E-state index >= 15 is 0 Å². The van der Waals surface area contributed by atoms with Gasteiger partial charge in [-0.15, -0.1) is 12.6 Å². The Labute approximate surface area is 91.9 Å². The van der Waals surface area contributed by atoms with E-state index in [9.17, 15) is 10.1 Å². The maximum atomic E-state index is 10.3. The second-order valence-electron chi connectivity index (χ2n) is 2.58. The number of nitro benzene ring substituents is 1. The molecule has 0 aliphatic carbocycles. The predicted octanol–water partition coefficient (Wildman–Crippen LogP) is 1.90. The molecule has 0 unspecified atom stereocenters. The van der Waals surface area contributed by atoms with E-state index in [1.54, 1.807) is 12.1 Å². The van der Waals surface area contributed by atoms with Gasteiger partial charge in [0.05, 0.1) is 4.92 Å². The number of thiocarbonyl (C=S) groups is 1. The third kappa shape index (κ3) is 3.31. The summed E-state index contributed by atoms with van der Waals surface area (Å²) in [5, 5.41) is 13.2. The summed E-state index contributed by atoms with van der Waals surface area (Å²) in [4.78, 5) is 9.91. The van der Waals surface area contributed by atoms with Crippen molar-refractivity contribution in [3.63, 3.8) is 0 Å². The lowest BCUT2D eigenvalue weighted by Crippen LogP contribution is -2.15. The zero-order chi connectivity index (χ0) is 10.6. The topological polar surface area (TPSA) is 55.2 Å². The van der Waals surface area contributed by atoms with Gasteiger partial charge in [-0.05, 0) is 5.56 Å². The summed E-state index contributed by atoms with van der Waals surface area (Å²) in [6.45, 7) is 0.528. The Morgan fingerprint density at radius 2 is 2.07 bits per heavy atom. The van der Waals surface area contributed by atoms with E-state index in [4.69, 9.17) is 12.2 Å². The number of nitrogens with zero attached hydrogens (tertiary/aromatic N) is 1. The van der Waals surface area contributed by atoms with Gasteiger partial charge in [0.1, 0.15) is 4.32 Å². The normalized spacial score (nSPS) is 9.50. The molecule has 1 rings (SSSR count). The first-order valence-corrected chi connectivity index (χ1v) is 4.65. The number of non-ortho nitro benzene ring substituents is 1. The lowest BCUT2D eigenvalue weighted by Gasteiger charge is -2.02. The molecule has 0 radical (unpaired) electrons. The third-order valence-electron chi connectivity index (χ3n) is 1.59. The average molecular weight is 228 g/mol. The molecule has 74 valence electrons. The van der Waals surface area contributed by atoms with Crippen molar-refractivity contribution in [3.8, 4) is 0 Å². The highest BCUT2D eigenvalue weighted by Crippen LogP contribution is 2.11. The van der Waals surface area contributed by atoms with E-state index in [1.807, 2.05) is 0 Å². The number of hydrogen-bond acceptors (Lipinski definition) is 3.